The van der Waals surface area contributed by atoms with Gasteiger partial charge in [-0.15, -0.1) is 0 Å². The minimum Gasteiger partial charge on any atom is -0.480 e. The van der Waals surface area contributed by atoms with E-state index in [4.69, 9.17) is 9.15 Å². The Labute approximate surface area is 189 Å². The van der Waals surface area contributed by atoms with Gasteiger partial charge in [-0.3, -0.25) is 4.79 Å². The van der Waals surface area contributed by atoms with Crippen molar-refractivity contribution in [2.24, 2.45) is 5.92 Å². The lowest BCUT2D eigenvalue weighted by Crippen LogP contribution is -2.56. The molecule has 6 nitrogen and oxygen atoms in total. The van der Waals surface area contributed by atoms with Crippen LogP contribution >= 0.6 is 0 Å². The van der Waals surface area contributed by atoms with Crippen LogP contribution in [0.25, 0.3) is 11.0 Å². The fraction of sp³-hybridized carbons (Fsp3) is 0.615. The van der Waals surface area contributed by atoms with Crippen LogP contribution in [0.15, 0.2) is 27.4 Å². The van der Waals surface area contributed by atoms with E-state index >= 15 is 0 Å². The van der Waals surface area contributed by atoms with E-state index in [-0.39, 0.29) is 17.5 Å². The van der Waals surface area contributed by atoms with E-state index in [0.717, 1.165) is 61.5 Å². The molecule has 0 radical (unpaired) electrons. The molecule has 1 aliphatic heterocycles. The van der Waals surface area contributed by atoms with Crippen molar-refractivity contribution in [3.8, 4) is 5.75 Å². The number of carbonyl (C=O) groups excluding carboxylic acids is 1. The molecule has 1 amide bonds. The maximum absolute atomic E-state index is 13.1. The van der Waals surface area contributed by atoms with E-state index in [9.17, 15) is 14.7 Å². The normalized spacial score (nSPS) is 24.2. The van der Waals surface area contributed by atoms with E-state index in [0.29, 0.717) is 30.8 Å². The van der Waals surface area contributed by atoms with Crippen molar-refractivity contribution < 1.29 is 19.1 Å². The summed E-state index contributed by atoms with van der Waals surface area (Å²) in [5.74, 6) is 0.648. The van der Waals surface area contributed by atoms with Crippen molar-refractivity contribution in [3.05, 3.63) is 39.7 Å². The van der Waals surface area contributed by atoms with E-state index in [1.807, 2.05) is 24.0 Å². The molecule has 1 aromatic carbocycles. The largest absolute Gasteiger partial charge is 0.480 e. The van der Waals surface area contributed by atoms with E-state index < -0.39 is 11.7 Å². The number of benzene rings is 1. The molecule has 0 spiro atoms. The predicted molar refractivity (Wildman–Crippen MR) is 124 cm³/mol. The first-order valence-corrected chi connectivity index (χ1v) is 12.1. The van der Waals surface area contributed by atoms with Gasteiger partial charge in [0.25, 0.3) is 5.91 Å². The van der Waals surface area contributed by atoms with Crippen LogP contribution in [-0.2, 0) is 11.2 Å². The SMILES string of the molecule is CCCCc1cc(=O)oc2c(C)c(O[C@@H](C)C(=O)N3CC[C@]4(O)CCCC[C@H]4C3)ccc12. The highest BCUT2D eigenvalue weighted by atomic mass is 16.5. The number of aryl methyl sites for hydroxylation is 2. The molecule has 1 saturated heterocycles. The molecule has 0 unspecified atom stereocenters. The quantitative estimate of drug-likeness (QED) is 0.674. The summed E-state index contributed by atoms with van der Waals surface area (Å²) in [6.45, 7) is 6.91. The summed E-state index contributed by atoms with van der Waals surface area (Å²) >= 11 is 0. The lowest BCUT2D eigenvalue weighted by Gasteiger charge is -2.47. The van der Waals surface area contributed by atoms with Crippen molar-refractivity contribution in [2.45, 2.75) is 83.8 Å². The second-order valence-corrected chi connectivity index (χ2v) is 9.60. The number of unbranched alkanes of at least 4 members (excludes halogenated alkanes) is 1. The lowest BCUT2D eigenvalue weighted by atomic mass is 9.71. The number of nitrogens with zero attached hydrogens (tertiary/aromatic N) is 1. The Kier molecular flexibility index (Phi) is 6.61. The van der Waals surface area contributed by atoms with Crippen molar-refractivity contribution in [2.75, 3.05) is 13.1 Å². The molecule has 1 aliphatic carbocycles. The van der Waals surface area contributed by atoms with Gasteiger partial charge in [0.05, 0.1) is 5.60 Å². The van der Waals surface area contributed by atoms with Gasteiger partial charge in [-0.05, 0) is 63.6 Å². The Morgan fingerprint density at radius 1 is 1.34 bits per heavy atom. The van der Waals surface area contributed by atoms with Gasteiger partial charge in [-0.1, -0.05) is 26.2 Å². The molecule has 174 valence electrons. The summed E-state index contributed by atoms with van der Waals surface area (Å²) in [4.78, 5) is 27.1. The second kappa shape index (κ2) is 9.26. The number of amides is 1. The Hall–Kier alpha value is -2.34. The molecular weight excluding hydrogens is 406 g/mol. The van der Waals surface area contributed by atoms with Crippen LogP contribution in [0.2, 0.25) is 0 Å². The number of ether oxygens (including phenoxy) is 1. The molecule has 0 bridgehead atoms. The fourth-order valence-corrected chi connectivity index (χ4v) is 5.38. The minimum absolute atomic E-state index is 0.0599. The molecular formula is C26H35NO5. The first-order valence-electron chi connectivity index (χ1n) is 12.1. The van der Waals surface area contributed by atoms with Crippen LogP contribution in [0.4, 0.5) is 0 Å². The van der Waals surface area contributed by atoms with Crippen LogP contribution in [0.5, 0.6) is 5.75 Å². The maximum atomic E-state index is 13.1. The first kappa shape index (κ1) is 22.8. The number of aliphatic hydroxyl groups is 1. The van der Waals surface area contributed by atoms with Crippen molar-refractivity contribution in [1.82, 2.24) is 4.90 Å². The zero-order chi connectivity index (χ0) is 22.9. The van der Waals surface area contributed by atoms with Crippen LogP contribution in [-0.4, -0.2) is 40.7 Å². The number of likely N-dealkylation sites (tertiary alicyclic amines) is 1. The van der Waals surface area contributed by atoms with Crippen LogP contribution in [0.3, 0.4) is 0 Å². The van der Waals surface area contributed by atoms with E-state index in [2.05, 4.69) is 6.92 Å². The average molecular weight is 442 g/mol. The topological polar surface area (TPSA) is 80.0 Å². The Balaban J connectivity index is 1.51. The monoisotopic (exact) mass is 441 g/mol. The number of piperidine rings is 1. The molecule has 2 heterocycles. The van der Waals surface area contributed by atoms with E-state index in [1.54, 1.807) is 13.0 Å². The summed E-state index contributed by atoms with van der Waals surface area (Å²) in [6.07, 6.45) is 6.86. The molecule has 32 heavy (non-hydrogen) atoms. The van der Waals surface area contributed by atoms with Gasteiger partial charge >= 0.3 is 5.63 Å². The van der Waals surface area contributed by atoms with Gasteiger partial charge in [0.15, 0.2) is 6.10 Å². The highest BCUT2D eigenvalue weighted by Gasteiger charge is 2.44. The lowest BCUT2D eigenvalue weighted by molar-refractivity contribution is -0.149. The third-order valence-corrected chi connectivity index (χ3v) is 7.39. The van der Waals surface area contributed by atoms with Gasteiger partial charge < -0.3 is 19.2 Å². The van der Waals surface area contributed by atoms with Crippen molar-refractivity contribution >= 4 is 16.9 Å². The molecule has 2 aromatic rings. The Morgan fingerprint density at radius 3 is 2.94 bits per heavy atom. The van der Waals surface area contributed by atoms with Gasteiger partial charge in [-0.2, -0.15) is 0 Å². The number of hydrogen-bond donors (Lipinski definition) is 1. The molecule has 3 atom stereocenters. The number of hydrogen-bond acceptors (Lipinski definition) is 5. The maximum Gasteiger partial charge on any atom is 0.336 e. The summed E-state index contributed by atoms with van der Waals surface area (Å²) < 4.78 is 11.6. The van der Waals surface area contributed by atoms with Crippen molar-refractivity contribution in [3.63, 3.8) is 0 Å². The Morgan fingerprint density at radius 2 is 2.16 bits per heavy atom. The fourth-order valence-electron chi connectivity index (χ4n) is 5.38. The smallest absolute Gasteiger partial charge is 0.336 e. The summed E-state index contributed by atoms with van der Waals surface area (Å²) in [6, 6.07) is 5.37. The molecule has 2 aliphatic rings. The Bertz CT molecular complexity index is 1040. The van der Waals surface area contributed by atoms with E-state index in [1.165, 1.54) is 0 Å². The third kappa shape index (κ3) is 4.42. The third-order valence-electron chi connectivity index (χ3n) is 7.39. The van der Waals surface area contributed by atoms with Crippen LogP contribution in [0, 0.1) is 12.8 Å². The molecule has 1 saturated carbocycles. The number of carbonyl (C=O) groups is 1. The molecule has 4 rings (SSSR count). The van der Waals surface area contributed by atoms with Gasteiger partial charge in [0, 0.05) is 36.0 Å². The second-order valence-electron chi connectivity index (χ2n) is 9.60. The predicted octanol–water partition coefficient (Wildman–Crippen LogP) is 4.36. The highest BCUT2D eigenvalue weighted by Crippen LogP contribution is 2.40. The minimum atomic E-state index is -0.657. The van der Waals surface area contributed by atoms with Crippen LogP contribution in [0.1, 0.15) is 69.9 Å². The first-order chi connectivity index (χ1) is 15.3. The number of fused-ring (bicyclic) bond motifs is 2. The highest BCUT2D eigenvalue weighted by molar-refractivity contribution is 5.85. The average Bonchev–Trinajstić information content (AvgIpc) is 2.78. The molecule has 1 N–H and O–H groups in total. The van der Waals surface area contributed by atoms with Gasteiger partial charge in [-0.25, -0.2) is 4.79 Å². The standard InChI is InChI=1S/C26H35NO5/c1-4-5-8-19-15-23(28)32-24-17(2)22(11-10-21(19)24)31-18(3)25(29)27-14-13-26(30)12-7-6-9-20(26)16-27/h10-11,15,18,20,30H,4-9,12-14,16H2,1-3H3/t18-,20-,26+/m0/s1. The van der Waals surface area contributed by atoms with Crippen LogP contribution < -0.4 is 10.4 Å². The molecule has 2 fully saturated rings. The zero-order valence-corrected chi connectivity index (χ0v) is 19.5. The van der Waals surface area contributed by atoms with Crippen molar-refractivity contribution in [1.29, 1.82) is 0 Å². The number of rotatable bonds is 6. The molecule has 1 aromatic heterocycles. The molecule has 6 heteroatoms. The van der Waals surface area contributed by atoms with Gasteiger partial charge in [0.1, 0.15) is 11.3 Å². The van der Waals surface area contributed by atoms with Gasteiger partial charge in [0.2, 0.25) is 0 Å². The summed E-state index contributed by atoms with van der Waals surface area (Å²) in [7, 11) is 0. The summed E-state index contributed by atoms with van der Waals surface area (Å²) in [5, 5.41) is 11.8. The summed E-state index contributed by atoms with van der Waals surface area (Å²) in [5.41, 5.74) is 1.29. The zero-order valence-electron chi connectivity index (χ0n) is 19.5.